The number of carbonyl (C=O) groups excluding carboxylic acids is 1. The van der Waals surface area contributed by atoms with Crippen LogP contribution >= 0.6 is 23.2 Å². The predicted octanol–water partition coefficient (Wildman–Crippen LogP) is 5.71. The zero-order valence-electron chi connectivity index (χ0n) is 18.9. The van der Waals surface area contributed by atoms with E-state index in [0.29, 0.717) is 59.8 Å². The van der Waals surface area contributed by atoms with E-state index in [2.05, 4.69) is 41.2 Å². The standard InChI is InChI=1S/C25H30Cl2N4O/c1-4-22-29-24-20(14-19(26)15-21(24)27)25(30-22)31(12-10-18-8-6-5-7-9-18)13-11-23(32)28-16-17(2)3/h5-9,14-15,17H,4,10-13,16H2,1-3H3,(H,28,32). The first-order chi connectivity index (χ1) is 15.4. The number of aryl methyl sites for hydroxylation is 1. The fraction of sp³-hybridized carbons (Fsp3) is 0.400. The molecule has 1 N–H and O–H groups in total. The second-order valence-corrected chi connectivity index (χ2v) is 9.11. The molecular weight excluding hydrogens is 443 g/mol. The van der Waals surface area contributed by atoms with Crippen LogP contribution in [0.5, 0.6) is 0 Å². The lowest BCUT2D eigenvalue weighted by Gasteiger charge is -2.26. The number of aromatic nitrogens is 2. The number of benzene rings is 2. The van der Waals surface area contributed by atoms with Crippen LogP contribution in [0.25, 0.3) is 10.9 Å². The number of hydrogen-bond acceptors (Lipinski definition) is 4. The maximum Gasteiger partial charge on any atom is 0.221 e. The second-order valence-electron chi connectivity index (χ2n) is 8.27. The third-order valence-electron chi connectivity index (χ3n) is 5.19. The molecule has 0 atom stereocenters. The van der Waals surface area contributed by atoms with Gasteiger partial charge in [-0.1, -0.05) is 74.3 Å². The van der Waals surface area contributed by atoms with Crippen LogP contribution in [0.4, 0.5) is 5.82 Å². The largest absolute Gasteiger partial charge is 0.356 e. The van der Waals surface area contributed by atoms with Crippen molar-refractivity contribution in [3.63, 3.8) is 0 Å². The Morgan fingerprint density at radius 3 is 2.53 bits per heavy atom. The molecule has 2 aromatic carbocycles. The number of fused-ring (bicyclic) bond motifs is 1. The summed E-state index contributed by atoms with van der Waals surface area (Å²) in [6.07, 6.45) is 1.89. The summed E-state index contributed by atoms with van der Waals surface area (Å²) >= 11 is 12.8. The molecule has 0 radical (unpaired) electrons. The van der Waals surface area contributed by atoms with Crippen LogP contribution in [0.15, 0.2) is 42.5 Å². The lowest BCUT2D eigenvalue weighted by molar-refractivity contribution is -0.121. The Morgan fingerprint density at radius 2 is 1.84 bits per heavy atom. The van der Waals surface area contributed by atoms with E-state index in [0.717, 1.165) is 17.6 Å². The predicted molar refractivity (Wildman–Crippen MR) is 134 cm³/mol. The molecule has 0 spiro atoms. The lowest BCUT2D eigenvalue weighted by atomic mass is 10.1. The van der Waals surface area contributed by atoms with E-state index < -0.39 is 0 Å². The summed E-state index contributed by atoms with van der Waals surface area (Å²) in [6, 6.07) is 13.9. The van der Waals surface area contributed by atoms with E-state index in [1.165, 1.54) is 5.56 Å². The van der Waals surface area contributed by atoms with Crippen LogP contribution in [-0.4, -0.2) is 35.5 Å². The van der Waals surface area contributed by atoms with Gasteiger partial charge in [-0.3, -0.25) is 4.79 Å². The molecule has 0 fully saturated rings. The summed E-state index contributed by atoms with van der Waals surface area (Å²) < 4.78 is 0. The highest BCUT2D eigenvalue weighted by atomic mass is 35.5. The van der Waals surface area contributed by atoms with Gasteiger partial charge in [0.1, 0.15) is 11.6 Å². The first-order valence-electron chi connectivity index (χ1n) is 11.1. The zero-order valence-corrected chi connectivity index (χ0v) is 20.4. The Kier molecular flexibility index (Phi) is 8.71. The fourth-order valence-corrected chi connectivity index (χ4v) is 4.00. The summed E-state index contributed by atoms with van der Waals surface area (Å²) in [7, 11) is 0. The van der Waals surface area contributed by atoms with Crippen molar-refractivity contribution in [3.8, 4) is 0 Å². The number of amides is 1. The van der Waals surface area contributed by atoms with Gasteiger partial charge in [-0.05, 0) is 30.0 Å². The van der Waals surface area contributed by atoms with Gasteiger partial charge in [-0.15, -0.1) is 0 Å². The molecule has 1 aromatic heterocycles. The number of hydrogen-bond donors (Lipinski definition) is 1. The summed E-state index contributed by atoms with van der Waals surface area (Å²) in [5, 5.41) is 4.84. The van der Waals surface area contributed by atoms with Gasteiger partial charge >= 0.3 is 0 Å². The van der Waals surface area contributed by atoms with Crippen LogP contribution in [0.2, 0.25) is 10.0 Å². The normalized spacial score (nSPS) is 11.2. The van der Waals surface area contributed by atoms with Gasteiger partial charge in [0.2, 0.25) is 5.91 Å². The van der Waals surface area contributed by atoms with E-state index >= 15 is 0 Å². The molecular formula is C25H30Cl2N4O. The molecule has 0 aliphatic carbocycles. The minimum absolute atomic E-state index is 0.0357. The van der Waals surface area contributed by atoms with Gasteiger partial charge in [0, 0.05) is 42.9 Å². The van der Waals surface area contributed by atoms with Crippen molar-refractivity contribution in [3.05, 3.63) is 63.9 Å². The van der Waals surface area contributed by atoms with Gasteiger partial charge in [0.05, 0.1) is 10.5 Å². The zero-order chi connectivity index (χ0) is 23.1. The van der Waals surface area contributed by atoms with E-state index in [1.807, 2.05) is 31.2 Å². The number of anilines is 1. The van der Waals surface area contributed by atoms with Gasteiger partial charge in [0.25, 0.3) is 0 Å². The van der Waals surface area contributed by atoms with Gasteiger partial charge in [-0.2, -0.15) is 0 Å². The van der Waals surface area contributed by atoms with E-state index in [4.69, 9.17) is 28.2 Å². The molecule has 0 aliphatic heterocycles. The SMILES string of the molecule is CCc1nc(N(CCC(=O)NCC(C)C)CCc2ccccc2)c2cc(Cl)cc(Cl)c2n1. The van der Waals surface area contributed by atoms with Crippen LogP contribution < -0.4 is 10.2 Å². The molecule has 0 unspecified atom stereocenters. The maximum atomic E-state index is 12.4. The molecule has 0 saturated carbocycles. The van der Waals surface area contributed by atoms with Gasteiger partial charge in [0.15, 0.2) is 0 Å². The minimum atomic E-state index is 0.0357. The van der Waals surface area contributed by atoms with E-state index in [-0.39, 0.29) is 5.91 Å². The molecule has 32 heavy (non-hydrogen) atoms. The monoisotopic (exact) mass is 472 g/mol. The average Bonchev–Trinajstić information content (AvgIpc) is 2.78. The molecule has 3 rings (SSSR count). The van der Waals surface area contributed by atoms with Crippen molar-refractivity contribution < 1.29 is 4.79 Å². The van der Waals surface area contributed by atoms with E-state index in [1.54, 1.807) is 6.07 Å². The molecule has 0 bridgehead atoms. The molecule has 7 heteroatoms. The number of rotatable bonds is 10. The Labute approximate surface area is 200 Å². The van der Waals surface area contributed by atoms with E-state index in [9.17, 15) is 4.79 Å². The molecule has 170 valence electrons. The van der Waals surface area contributed by atoms with Crippen molar-refractivity contribution >= 4 is 45.8 Å². The van der Waals surface area contributed by atoms with Crippen molar-refractivity contribution in [2.24, 2.45) is 5.92 Å². The Bertz CT molecular complexity index is 1060. The van der Waals surface area contributed by atoms with Crippen LogP contribution in [0.3, 0.4) is 0 Å². The summed E-state index contributed by atoms with van der Waals surface area (Å²) in [4.78, 5) is 24.1. The smallest absolute Gasteiger partial charge is 0.221 e. The third-order valence-corrected chi connectivity index (χ3v) is 5.70. The Hall–Kier alpha value is -2.37. The Balaban J connectivity index is 1.94. The first-order valence-corrected chi connectivity index (χ1v) is 11.8. The topological polar surface area (TPSA) is 58.1 Å². The Morgan fingerprint density at radius 1 is 1.09 bits per heavy atom. The lowest BCUT2D eigenvalue weighted by Crippen LogP contribution is -2.34. The molecule has 5 nitrogen and oxygen atoms in total. The summed E-state index contributed by atoms with van der Waals surface area (Å²) in [5.74, 6) is 1.93. The van der Waals surface area contributed by atoms with Crippen LogP contribution in [0, 0.1) is 5.92 Å². The number of carbonyl (C=O) groups is 1. The highest BCUT2D eigenvalue weighted by Crippen LogP contribution is 2.32. The molecule has 0 aliphatic rings. The minimum Gasteiger partial charge on any atom is -0.356 e. The van der Waals surface area contributed by atoms with Gasteiger partial charge < -0.3 is 10.2 Å². The third kappa shape index (κ3) is 6.57. The molecule has 1 amide bonds. The quantitative estimate of drug-likeness (QED) is 0.410. The van der Waals surface area contributed by atoms with Crippen molar-refractivity contribution in [1.82, 2.24) is 15.3 Å². The summed E-state index contributed by atoms with van der Waals surface area (Å²) in [6.45, 7) is 8.10. The second kappa shape index (κ2) is 11.5. The molecule has 1 heterocycles. The fourth-order valence-electron chi connectivity index (χ4n) is 3.46. The number of nitrogens with one attached hydrogen (secondary N) is 1. The van der Waals surface area contributed by atoms with Crippen LogP contribution in [0.1, 0.15) is 38.6 Å². The summed E-state index contributed by atoms with van der Waals surface area (Å²) in [5.41, 5.74) is 1.92. The maximum absolute atomic E-state index is 12.4. The van der Waals surface area contributed by atoms with Crippen LogP contribution in [-0.2, 0) is 17.6 Å². The molecule has 0 saturated heterocycles. The van der Waals surface area contributed by atoms with Gasteiger partial charge in [-0.25, -0.2) is 9.97 Å². The highest BCUT2D eigenvalue weighted by molar-refractivity contribution is 6.38. The van der Waals surface area contributed by atoms with Crippen molar-refractivity contribution in [2.45, 2.75) is 40.0 Å². The highest BCUT2D eigenvalue weighted by Gasteiger charge is 2.18. The van der Waals surface area contributed by atoms with Crippen molar-refractivity contribution in [1.29, 1.82) is 0 Å². The first kappa shape index (κ1) is 24.3. The van der Waals surface area contributed by atoms with Crippen molar-refractivity contribution in [2.75, 3.05) is 24.5 Å². The number of nitrogens with zero attached hydrogens (tertiary/aromatic N) is 3. The average molecular weight is 473 g/mol. The molecule has 3 aromatic rings. The number of halogens is 2.